The van der Waals surface area contributed by atoms with Gasteiger partial charge in [-0.05, 0) is 66.0 Å². The molecule has 0 saturated heterocycles. The molecule has 0 aromatic heterocycles. The highest BCUT2D eigenvalue weighted by Gasteiger charge is 2.45. The van der Waals surface area contributed by atoms with Crippen molar-refractivity contribution in [3.63, 3.8) is 0 Å². The maximum absolute atomic E-state index is 10.9. The molecule has 5 heteroatoms. The van der Waals surface area contributed by atoms with Crippen LogP contribution < -0.4 is 9.47 Å². The van der Waals surface area contributed by atoms with Gasteiger partial charge in [-0.1, -0.05) is 45.0 Å². The number of methoxy groups -OCH3 is 1. The summed E-state index contributed by atoms with van der Waals surface area (Å²) in [5.74, 6) is 1.97. The molecule has 0 N–H and O–H groups in total. The summed E-state index contributed by atoms with van der Waals surface area (Å²) in [6, 6.07) is 17.0. The maximum Gasteiger partial charge on any atom is 0.302 e. The fourth-order valence-corrected chi connectivity index (χ4v) is 5.51. The zero-order valence-electron chi connectivity index (χ0n) is 20.7. The lowest BCUT2D eigenvalue weighted by Crippen LogP contribution is -2.41. The first-order valence-electron chi connectivity index (χ1n) is 11.8. The molecule has 0 aliphatic heterocycles. The van der Waals surface area contributed by atoms with Gasteiger partial charge in [0.15, 0.2) is 0 Å². The first kappa shape index (κ1) is 25.1. The van der Waals surface area contributed by atoms with Crippen molar-refractivity contribution in [1.29, 1.82) is 0 Å². The minimum absolute atomic E-state index is 0.0670. The van der Waals surface area contributed by atoms with Crippen LogP contribution >= 0.6 is 0 Å². The van der Waals surface area contributed by atoms with Gasteiger partial charge < -0.3 is 18.9 Å². The van der Waals surface area contributed by atoms with Crippen molar-refractivity contribution < 1.29 is 23.7 Å². The predicted octanol–water partition coefficient (Wildman–Crippen LogP) is 5.79. The van der Waals surface area contributed by atoms with Crippen LogP contribution in [0.15, 0.2) is 48.5 Å². The number of ether oxygens (including phenoxy) is 4. The predicted molar refractivity (Wildman–Crippen MR) is 130 cm³/mol. The largest absolute Gasteiger partial charge is 0.491 e. The van der Waals surface area contributed by atoms with Gasteiger partial charge in [-0.3, -0.25) is 4.79 Å². The summed E-state index contributed by atoms with van der Waals surface area (Å²) in [5, 5.41) is 0. The third-order valence-corrected chi connectivity index (χ3v) is 6.41. The van der Waals surface area contributed by atoms with Crippen molar-refractivity contribution >= 4 is 5.97 Å². The van der Waals surface area contributed by atoms with Crippen molar-refractivity contribution in [2.45, 2.75) is 52.4 Å². The molecule has 0 bridgehead atoms. The zero-order valence-corrected chi connectivity index (χ0v) is 20.7. The minimum atomic E-state index is -0.292. The Kier molecular flexibility index (Phi) is 8.41. The Morgan fingerprint density at radius 3 is 1.82 bits per heavy atom. The molecule has 5 nitrogen and oxygen atoms in total. The van der Waals surface area contributed by atoms with E-state index in [1.165, 1.54) is 24.5 Å². The molecule has 2 atom stereocenters. The van der Waals surface area contributed by atoms with Crippen LogP contribution in [0.25, 0.3) is 0 Å². The Morgan fingerprint density at radius 1 is 0.848 bits per heavy atom. The van der Waals surface area contributed by atoms with Crippen molar-refractivity contribution in [2.75, 3.05) is 33.5 Å². The molecule has 2 unspecified atom stereocenters. The molecular weight excluding hydrogens is 416 g/mol. The molecule has 0 radical (unpaired) electrons. The second kappa shape index (κ2) is 11.1. The average molecular weight is 455 g/mol. The number of hydrogen-bond acceptors (Lipinski definition) is 5. The molecular formula is C28H38O5. The summed E-state index contributed by atoms with van der Waals surface area (Å²) >= 11 is 0. The molecule has 2 aromatic carbocycles. The van der Waals surface area contributed by atoms with E-state index in [0.717, 1.165) is 24.3 Å². The van der Waals surface area contributed by atoms with Crippen molar-refractivity contribution in [3.05, 3.63) is 59.7 Å². The number of hydrogen-bond donors (Lipinski definition) is 0. The molecule has 33 heavy (non-hydrogen) atoms. The van der Waals surface area contributed by atoms with Crippen LogP contribution in [0.1, 0.15) is 58.1 Å². The summed E-state index contributed by atoms with van der Waals surface area (Å²) in [6.07, 6.45) is 3.41. The van der Waals surface area contributed by atoms with E-state index in [1.54, 1.807) is 7.11 Å². The number of carbonyl (C=O) groups is 1. The summed E-state index contributed by atoms with van der Waals surface area (Å²) in [7, 11) is 1.68. The van der Waals surface area contributed by atoms with Crippen LogP contribution in [0, 0.1) is 11.3 Å². The first-order chi connectivity index (χ1) is 15.7. The van der Waals surface area contributed by atoms with Crippen LogP contribution in [0.3, 0.4) is 0 Å². The number of carbonyl (C=O) groups excluding carboxylic acids is 1. The summed E-state index contributed by atoms with van der Waals surface area (Å²) in [5.41, 5.74) is 2.81. The van der Waals surface area contributed by atoms with Gasteiger partial charge in [0.2, 0.25) is 0 Å². The Bertz CT molecular complexity index is 888. The summed E-state index contributed by atoms with van der Waals surface area (Å²) in [6.45, 7) is 10.3. The normalized spacial score (nSPS) is 21.9. The molecule has 1 aliphatic carbocycles. The lowest BCUT2D eigenvalue weighted by Gasteiger charge is -2.48. The molecule has 1 aliphatic rings. The molecule has 0 spiro atoms. The van der Waals surface area contributed by atoms with Crippen LogP contribution in [0.2, 0.25) is 0 Å². The Hall–Kier alpha value is -2.53. The highest BCUT2D eigenvalue weighted by Crippen LogP contribution is 2.53. The van der Waals surface area contributed by atoms with Crippen LogP contribution in [0.5, 0.6) is 11.5 Å². The Balaban J connectivity index is 1.85. The molecule has 1 fully saturated rings. The van der Waals surface area contributed by atoms with Gasteiger partial charge in [-0.2, -0.15) is 0 Å². The zero-order chi connectivity index (χ0) is 23.9. The van der Waals surface area contributed by atoms with Gasteiger partial charge >= 0.3 is 5.97 Å². The minimum Gasteiger partial charge on any atom is -0.491 e. The van der Waals surface area contributed by atoms with Gasteiger partial charge in [-0.25, -0.2) is 0 Å². The third kappa shape index (κ3) is 6.73. The highest BCUT2D eigenvalue weighted by atomic mass is 16.6. The Morgan fingerprint density at radius 2 is 1.36 bits per heavy atom. The van der Waals surface area contributed by atoms with E-state index in [1.807, 2.05) is 12.1 Å². The van der Waals surface area contributed by atoms with Crippen molar-refractivity contribution in [3.8, 4) is 11.5 Å². The molecule has 180 valence electrons. The lowest BCUT2D eigenvalue weighted by molar-refractivity contribution is -0.141. The number of benzene rings is 2. The number of esters is 1. The smallest absolute Gasteiger partial charge is 0.302 e. The van der Waals surface area contributed by atoms with Gasteiger partial charge in [0.1, 0.15) is 31.3 Å². The van der Waals surface area contributed by atoms with E-state index in [9.17, 15) is 4.79 Å². The fraction of sp³-hybridized carbons (Fsp3) is 0.536. The van der Waals surface area contributed by atoms with E-state index < -0.39 is 0 Å². The van der Waals surface area contributed by atoms with Crippen molar-refractivity contribution in [2.24, 2.45) is 11.3 Å². The molecule has 2 aromatic rings. The van der Waals surface area contributed by atoms with Crippen LogP contribution in [0.4, 0.5) is 0 Å². The second-order valence-electron chi connectivity index (χ2n) is 10.0. The molecule has 0 heterocycles. The van der Waals surface area contributed by atoms with Gasteiger partial charge in [0, 0.05) is 19.4 Å². The monoisotopic (exact) mass is 454 g/mol. The van der Waals surface area contributed by atoms with Crippen molar-refractivity contribution in [1.82, 2.24) is 0 Å². The van der Waals surface area contributed by atoms with E-state index in [0.29, 0.717) is 25.7 Å². The summed E-state index contributed by atoms with van der Waals surface area (Å²) < 4.78 is 21.6. The maximum atomic E-state index is 10.9. The highest BCUT2D eigenvalue weighted by molar-refractivity contribution is 5.65. The van der Waals surface area contributed by atoms with Gasteiger partial charge in [0.25, 0.3) is 0 Å². The average Bonchev–Trinajstić information content (AvgIpc) is 2.76. The fourth-order valence-electron chi connectivity index (χ4n) is 5.51. The summed E-state index contributed by atoms with van der Waals surface area (Å²) in [4.78, 5) is 10.9. The quantitative estimate of drug-likeness (QED) is 0.336. The topological polar surface area (TPSA) is 54.0 Å². The first-order valence-corrected chi connectivity index (χ1v) is 11.8. The van der Waals surface area contributed by atoms with Gasteiger partial charge in [0.05, 0.1) is 6.61 Å². The van der Waals surface area contributed by atoms with E-state index in [2.05, 4.69) is 57.2 Å². The SMILES string of the molecule is COCCOc1ccc(C2(c3ccc(OCCOC(C)=O)cc3)CC(C)CC(C)(C)C2)cc1. The molecule has 0 amide bonds. The van der Waals surface area contributed by atoms with Crippen LogP contribution in [-0.4, -0.2) is 39.5 Å². The van der Waals surface area contributed by atoms with E-state index >= 15 is 0 Å². The van der Waals surface area contributed by atoms with E-state index in [4.69, 9.17) is 18.9 Å². The standard InChI is InChI=1S/C28H38O5/c1-21-18-27(3,4)20-28(19-21,23-6-10-25(11-7-23)32-15-14-30-5)24-8-12-26(13-9-24)33-17-16-31-22(2)29/h6-13,21H,14-20H2,1-5H3. The van der Waals surface area contributed by atoms with Crippen LogP contribution in [-0.2, 0) is 19.7 Å². The Labute approximate surface area is 198 Å². The molecule has 1 saturated carbocycles. The third-order valence-electron chi connectivity index (χ3n) is 6.41. The number of rotatable bonds is 10. The van der Waals surface area contributed by atoms with E-state index in [-0.39, 0.29) is 23.4 Å². The lowest BCUT2D eigenvalue weighted by atomic mass is 9.55. The van der Waals surface area contributed by atoms with Gasteiger partial charge in [-0.15, -0.1) is 0 Å². The second-order valence-corrected chi connectivity index (χ2v) is 10.0. The molecule has 3 rings (SSSR count).